The summed E-state index contributed by atoms with van der Waals surface area (Å²) in [5, 5.41) is 4.48. The number of anilines is 1. The lowest BCUT2D eigenvalue weighted by atomic mass is 10.0. The lowest BCUT2D eigenvalue weighted by Gasteiger charge is -2.10. The van der Waals surface area contributed by atoms with Gasteiger partial charge in [0.25, 0.3) is 0 Å². The summed E-state index contributed by atoms with van der Waals surface area (Å²) in [5.74, 6) is 0.672. The molecule has 0 radical (unpaired) electrons. The average molecular weight is 462 g/mol. The Labute approximate surface area is 197 Å². The molecule has 0 fully saturated rings. The van der Waals surface area contributed by atoms with Gasteiger partial charge in [-0.05, 0) is 53.4 Å². The molecule has 0 bridgehead atoms. The van der Waals surface area contributed by atoms with Gasteiger partial charge in [0.1, 0.15) is 0 Å². The van der Waals surface area contributed by atoms with Crippen LogP contribution in [-0.4, -0.2) is 22.4 Å². The lowest BCUT2D eigenvalue weighted by Crippen LogP contribution is -2.16. The number of aliphatic imine (C=N–C) groups is 2. The maximum absolute atomic E-state index is 12.6. The Morgan fingerprint density at radius 1 is 1.00 bits per heavy atom. The van der Waals surface area contributed by atoms with E-state index in [4.69, 9.17) is 21.6 Å². The molecule has 6 heteroatoms. The number of nitrogens with one attached hydrogen (secondary N) is 1. The minimum Gasteiger partial charge on any atom is -0.325 e. The van der Waals surface area contributed by atoms with Gasteiger partial charge in [-0.1, -0.05) is 61.8 Å². The lowest BCUT2D eigenvalue weighted by molar-refractivity contribution is -0.113. The second-order valence-corrected chi connectivity index (χ2v) is 9.34. The summed E-state index contributed by atoms with van der Waals surface area (Å²) < 4.78 is 0. The van der Waals surface area contributed by atoms with Crippen LogP contribution in [0.25, 0.3) is 0 Å². The first-order valence-corrected chi connectivity index (χ1v) is 11.9. The van der Waals surface area contributed by atoms with E-state index in [2.05, 4.69) is 19.2 Å². The van der Waals surface area contributed by atoms with Gasteiger partial charge in [0, 0.05) is 17.1 Å². The highest BCUT2D eigenvalue weighted by Gasteiger charge is 2.17. The van der Waals surface area contributed by atoms with Crippen molar-refractivity contribution in [1.82, 2.24) is 0 Å². The van der Waals surface area contributed by atoms with Crippen LogP contribution in [0.5, 0.6) is 0 Å². The number of nitrogens with zero attached hydrogens (tertiary/aromatic N) is 2. The second kappa shape index (κ2) is 10.2. The molecule has 162 valence electrons. The molecule has 0 saturated carbocycles. The number of para-hydroxylation sites is 2. The van der Waals surface area contributed by atoms with E-state index in [-0.39, 0.29) is 11.7 Å². The molecule has 0 spiro atoms. The third-order valence-corrected chi connectivity index (χ3v) is 6.30. The van der Waals surface area contributed by atoms with Crippen molar-refractivity contribution < 1.29 is 4.79 Å². The SMILES string of the molecule is CC(C)c1ccc(NC(=O)CSC2=Nc3ccccc3N=C(c3cccc(Cl)c3)C2)cc1. The molecule has 1 N–H and O–H groups in total. The zero-order valence-electron chi connectivity index (χ0n) is 18.0. The first-order chi connectivity index (χ1) is 15.5. The van der Waals surface area contributed by atoms with Crippen LogP contribution in [0.3, 0.4) is 0 Å². The summed E-state index contributed by atoms with van der Waals surface area (Å²) in [4.78, 5) is 22.2. The molecule has 4 rings (SSSR count). The van der Waals surface area contributed by atoms with E-state index in [1.165, 1.54) is 17.3 Å². The van der Waals surface area contributed by atoms with Crippen molar-refractivity contribution in [3.63, 3.8) is 0 Å². The van der Waals surface area contributed by atoms with Crippen LogP contribution in [0, 0.1) is 0 Å². The molecule has 3 aromatic rings. The predicted molar refractivity (Wildman–Crippen MR) is 137 cm³/mol. The number of hydrogen-bond donors (Lipinski definition) is 1. The van der Waals surface area contributed by atoms with E-state index in [1.54, 1.807) is 0 Å². The Morgan fingerprint density at radius 3 is 2.41 bits per heavy atom. The fourth-order valence-corrected chi connectivity index (χ4v) is 4.33. The van der Waals surface area contributed by atoms with Crippen LogP contribution in [0.15, 0.2) is 82.8 Å². The van der Waals surface area contributed by atoms with Crippen molar-refractivity contribution in [2.45, 2.75) is 26.2 Å². The summed E-state index contributed by atoms with van der Waals surface area (Å²) in [7, 11) is 0. The molecule has 1 aliphatic heterocycles. The maximum Gasteiger partial charge on any atom is 0.234 e. The largest absolute Gasteiger partial charge is 0.325 e. The molecule has 1 heterocycles. The fraction of sp³-hybridized carbons (Fsp3) is 0.192. The van der Waals surface area contributed by atoms with Crippen molar-refractivity contribution in [3.8, 4) is 0 Å². The first-order valence-electron chi connectivity index (χ1n) is 10.5. The quantitative estimate of drug-likeness (QED) is 0.430. The maximum atomic E-state index is 12.6. The number of hydrogen-bond acceptors (Lipinski definition) is 4. The van der Waals surface area contributed by atoms with E-state index in [0.717, 1.165) is 33.4 Å². The Kier molecular flexibility index (Phi) is 7.08. The number of benzene rings is 3. The normalized spacial score (nSPS) is 13.1. The highest BCUT2D eigenvalue weighted by atomic mass is 35.5. The van der Waals surface area contributed by atoms with Crippen LogP contribution in [0.4, 0.5) is 17.1 Å². The van der Waals surface area contributed by atoms with Gasteiger partial charge in [0.05, 0.1) is 27.9 Å². The summed E-state index contributed by atoms with van der Waals surface area (Å²) in [5.41, 5.74) is 5.50. The van der Waals surface area contributed by atoms with E-state index < -0.39 is 0 Å². The van der Waals surface area contributed by atoms with Crippen molar-refractivity contribution in [1.29, 1.82) is 0 Å². The summed E-state index contributed by atoms with van der Waals surface area (Å²) in [6.45, 7) is 4.30. The van der Waals surface area contributed by atoms with Gasteiger partial charge >= 0.3 is 0 Å². The Morgan fingerprint density at radius 2 is 1.72 bits per heavy atom. The predicted octanol–water partition coefficient (Wildman–Crippen LogP) is 7.39. The molecular formula is C26H24ClN3OS. The first kappa shape index (κ1) is 22.3. The van der Waals surface area contributed by atoms with Crippen molar-refractivity contribution in [2.75, 3.05) is 11.1 Å². The minimum absolute atomic E-state index is 0.0613. The molecular weight excluding hydrogens is 438 g/mol. The molecule has 0 aliphatic carbocycles. The van der Waals surface area contributed by atoms with E-state index in [0.29, 0.717) is 17.4 Å². The van der Waals surface area contributed by atoms with Crippen molar-refractivity contribution in [2.24, 2.45) is 9.98 Å². The van der Waals surface area contributed by atoms with Crippen LogP contribution < -0.4 is 5.32 Å². The number of rotatable bonds is 5. The number of thioether (sulfide) groups is 1. The highest BCUT2D eigenvalue weighted by Crippen LogP contribution is 2.33. The molecule has 1 amide bonds. The van der Waals surface area contributed by atoms with Crippen molar-refractivity contribution >= 4 is 57.1 Å². The standard InChI is InChI=1S/C26H24ClN3OS/c1-17(2)18-10-12-21(13-11-18)28-25(31)16-32-26-15-24(19-6-5-7-20(27)14-19)29-22-8-3-4-9-23(22)30-26/h3-14,17H,15-16H2,1-2H3,(H,28,31). The summed E-state index contributed by atoms with van der Waals surface area (Å²) in [6.07, 6.45) is 0.538. The smallest absolute Gasteiger partial charge is 0.234 e. The second-order valence-electron chi connectivity index (χ2n) is 7.85. The van der Waals surface area contributed by atoms with Gasteiger partial charge in [-0.3, -0.25) is 9.79 Å². The van der Waals surface area contributed by atoms with Gasteiger partial charge in [-0.25, -0.2) is 4.99 Å². The zero-order valence-corrected chi connectivity index (χ0v) is 19.6. The van der Waals surface area contributed by atoms with E-state index in [9.17, 15) is 4.79 Å². The molecule has 3 aromatic carbocycles. The van der Waals surface area contributed by atoms with Crippen LogP contribution in [0.2, 0.25) is 5.02 Å². The van der Waals surface area contributed by atoms with Gasteiger partial charge in [0.2, 0.25) is 5.91 Å². The van der Waals surface area contributed by atoms with Gasteiger partial charge < -0.3 is 5.32 Å². The zero-order chi connectivity index (χ0) is 22.5. The average Bonchev–Trinajstić information content (AvgIpc) is 2.97. The number of fused-ring (bicyclic) bond motifs is 1. The summed E-state index contributed by atoms with van der Waals surface area (Å²) >= 11 is 7.64. The summed E-state index contributed by atoms with van der Waals surface area (Å²) in [6, 6.07) is 23.4. The Bertz CT molecular complexity index is 1190. The van der Waals surface area contributed by atoms with Crippen LogP contribution >= 0.6 is 23.4 Å². The topological polar surface area (TPSA) is 53.8 Å². The molecule has 4 nitrogen and oxygen atoms in total. The molecule has 0 atom stereocenters. The van der Waals surface area contributed by atoms with Crippen molar-refractivity contribution in [3.05, 3.63) is 88.9 Å². The Hall–Kier alpha value is -2.89. The van der Waals surface area contributed by atoms with E-state index in [1.807, 2.05) is 72.8 Å². The molecule has 1 aliphatic rings. The molecule has 0 unspecified atom stereocenters. The van der Waals surface area contributed by atoms with Gasteiger partial charge in [0.15, 0.2) is 0 Å². The Balaban J connectivity index is 1.48. The third-order valence-electron chi connectivity index (χ3n) is 5.09. The number of carbonyl (C=O) groups excluding carboxylic acids is 1. The van der Waals surface area contributed by atoms with Crippen LogP contribution in [0.1, 0.15) is 37.3 Å². The third kappa shape index (κ3) is 5.67. The number of halogens is 1. The van der Waals surface area contributed by atoms with Gasteiger partial charge in [-0.2, -0.15) is 0 Å². The molecule has 0 saturated heterocycles. The fourth-order valence-electron chi connectivity index (χ4n) is 3.37. The van der Waals surface area contributed by atoms with Crippen LogP contribution in [-0.2, 0) is 4.79 Å². The molecule has 0 aromatic heterocycles. The molecule has 32 heavy (non-hydrogen) atoms. The highest BCUT2D eigenvalue weighted by molar-refractivity contribution is 8.14. The number of carbonyl (C=O) groups is 1. The van der Waals surface area contributed by atoms with Gasteiger partial charge in [-0.15, -0.1) is 11.8 Å². The number of amides is 1. The van der Waals surface area contributed by atoms with E-state index >= 15 is 0 Å². The monoisotopic (exact) mass is 461 g/mol. The minimum atomic E-state index is -0.0613.